The van der Waals surface area contributed by atoms with Gasteiger partial charge in [-0.25, -0.2) is 0 Å². The minimum atomic E-state index is -1.55. The quantitative estimate of drug-likeness (QED) is 0.320. The van der Waals surface area contributed by atoms with Gasteiger partial charge in [0, 0.05) is 0 Å². The van der Waals surface area contributed by atoms with E-state index in [0.29, 0.717) is 25.7 Å². The summed E-state index contributed by atoms with van der Waals surface area (Å²) < 4.78 is 5.38. The van der Waals surface area contributed by atoms with Crippen molar-refractivity contribution >= 4 is 11.9 Å². The Kier molecular flexibility index (Phi) is 6.62. The third-order valence-corrected chi connectivity index (χ3v) is 5.55. The number of carbonyl (C=O) groups is 2. The molecular formula is C17H29NO8. The van der Waals surface area contributed by atoms with E-state index >= 15 is 0 Å². The predicted octanol–water partition coefficient (Wildman–Crippen LogP) is -0.968. The summed E-state index contributed by atoms with van der Waals surface area (Å²) in [4.78, 5) is 23.0. The first kappa shape index (κ1) is 21.0. The normalized spacial score (nSPS) is 37.6. The summed E-state index contributed by atoms with van der Waals surface area (Å²) in [5, 5.41) is 50.3. The van der Waals surface area contributed by atoms with Gasteiger partial charge in [-0.05, 0) is 51.4 Å². The summed E-state index contributed by atoms with van der Waals surface area (Å²) in [5.74, 6) is -2.26. The summed E-state index contributed by atoms with van der Waals surface area (Å²) in [7, 11) is 0. The van der Waals surface area contributed by atoms with Gasteiger partial charge in [0.25, 0.3) is 0 Å². The van der Waals surface area contributed by atoms with Crippen LogP contribution in [0.15, 0.2) is 0 Å². The van der Waals surface area contributed by atoms with E-state index in [1.807, 2.05) is 0 Å². The molecule has 2 aliphatic carbocycles. The van der Waals surface area contributed by atoms with Gasteiger partial charge in [0.05, 0.1) is 18.6 Å². The van der Waals surface area contributed by atoms with Gasteiger partial charge in [-0.2, -0.15) is 0 Å². The number of carboxylic acids is 1. The molecule has 0 radical (unpaired) electrons. The lowest BCUT2D eigenvalue weighted by atomic mass is 9.69. The minimum absolute atomic E-state index is 0.130. The number of hydrogen-bond acceptors (Lipinski definition) is 8. The Hall–Kier alpha value is -1.26. The molecule has 0 amide bonds. The maximum Gasteiger partial charge on any atom is 0.324 e. The Bertz CT molecular complexity index is 481. The molecule has 0 aromatic rings. The average Bonchev–Trinajstić information content (AvgIpc) is 2.57. The molecule has 0 saturated heterocycles. The molecule has 2 rings (SSSR count). The number of aliphatic carboxylic acids is 1. The van der Waals surface area contributed by atoms with E-state index in [2.05, 4.69) is 0 Å². The van der Waals surface area contributed by atoms with Crippen LogP contribution < -0.4 is 5.73 Å². The smallest absolute Gasteiger partial charge is 0.324 e. The zero-order valence-corrected chi connectivity index (χ0v) is 14.7. The van der Waals surface area contributed by atoms with Crippen molar-refractivity contribution in [2.24, 2.45) is 5.73 Å². The van der Waals surface area contributed by atoms with Gasteiger partial charge >= 0.3 is 11.9 Å². The van der Waals surface area contributed by atoms with Crippen LogP contribution in [0.2, 0.25) is 0 Å². The number of nitrogens with two attached hydrogens (primary N) is 1. The van der Waals surface area contributed by atoms with Crippen LogP contribution in [0.3, 0.4) is 0 Å². The van der Waals surface area contributed by atoms with Crippen molar-refractivity contribution < 1.29 is 39.9 Å². The first-order valence-corrected chi connectivity index (χ1v) is 9.04. The lowest BCUT2D eigenvalue weighted by Gasteiger charge is -2.49. The van der Waals surface area contributed by atoms with E-state index in [4.69, 9.17) is 15.6 Å². The molecule has 0 aromatic heterocycles. The first-order chi connectivity index (χ1) is 12.1. The summed E-state index contributed by atoms with van der Waals surface area (Å²) >= 11 is 0. The molecule has 9 heteroatoms. The highest BCUT2D eigenvalue weighted by atomic mass is 16.6. The van der Waals surface area contributed by atoms with Crippen LogP contribution in [-0.2, 0) is 14.3 Å². The molecule has 1 atom stereocenters. The van der Waals surface area contributed by atoms with Crippen LogP contribution in [0, 0.1) is 0 Å². The summed E-state index contributed by atoms with van der Waals surface area (Å²) in [6.07, 6.45) is -1.36. The number of carbonyl (C=O) groups excluding carboxylic acids is 1. The second kappa shape index (κ2) is 8.18. The van der Waals surface area contributed by atoms with Gasteiger partial charge in [-0.3, -0.25) is 9.59 Å². The van der Waals surface area contributed by atoms with E-state index in [1.54, 1.807) is 0 Å². The van der Waals surface area contributed by atoms with Crippen molar-refractivity contribution in [2.75, 3.05) is 0 Å². The monoisotopic (exact) mass is 375 g/mol. The molecule has 0 unspecified atom stereocenters. The van der Waals surface area contributed by atoms with Crippen molar-refractivity contribution in [2.45, 2.75) is 93.3 Å². The molecule has 0 spiro atoms. The standard InChI is InChI=1S/C17H29NO8/c18-12(9-13(21)22)14(23)26-15(16(24)5-1-10(19)2-6-16)17(25)7-3-11(20)4-8-17/h10-12,15,19-20,24-25H,1-9,18H2,(H,21,22)/t10?,11?,12-,15?,16?,17?/m0/s1. The lowest BCUT2D eigenvalue weighted by Crippen LogP contribution is -2.62. The molecule has 26 heavy (non-hydrogen) atoms. The molecule has 0 aliphatic heterocycles. The summed E-state index contributed by atoms with van der Waals surface area (Å²) in [6, 6.07) is -1.41. The van der Waals surface area contributed by atoms with Crippen molar-refractivity contribution in [3.63, 3.8) is 0 Å². The van der Waals surface area contributed by atoms with Crippen LogP contribution in [-0.4, -0.2) is 73.0 Å². The van der Waals surface area contributed by atoms with Crippen molar-refractivity contribution in [3.8, 4) is 0 Å². The van der Waals surface area contributed by atoms with E-state index in [0.717, 1.165) is 0 Å². The van der Waals surface area contributed by atoms with Gasteiger partial charge in [0.2, 0.25) is 0 Å². The van der Waals surface area contributed by atoms with Gasteiger partial charge in [0.15, 0.2) is 6.10 Å². The fraction of sp³-hybridized carbons (Fsp3) is 0.882. The van der Waals surface area contributed by atoms with Crippen molar-refractivity contribution in [1.82, 2.24) is 0 Å². The SMILES string of the molecule is N[C@@H](CC(=O)O)C(=O)OC(C1(O)CCC(O)CC1)C1(O)CCC(O)CC1. The Morgan fingerprint density at radius 2 is 1.35 bits per heavy atom. The number of esters is 1. The van der Waals surface area contributed by atoms with E-state index in [1.165, 1.54) is 0 Å². The van der Waals surface area contributed by atoms with Gasteiger partial charge in [0.1, 0.15) is 17.2 Å². The van der Waals surface area contributed by atoms with Crippen LogP contribution in [0.25, 0.3) is 0 Å². The molecule has 7 N–H and O–H groups in total. The zero-order chi connectivity index (χ0) is 19.5. The van der Waals surface area contributed by atoms with Crippen molar-refractivity contribution in [1.29, 1.82) is 0 Å². The molecule has 150 valence electrons. The maximum absolute atomic E-state index is 12.3. The third kappa shape index (κ3) is 4.92. The molecule has 0 heterocycles. The van der Waals surface area contributed by atoms with Crippen LogP contribution >= 0.6 is 0 Å². The van der Waals surface area contributed by atoms with Gasteiger partial charge in [-0.1, -0.05) is 0 Å². The second-order valence-electron chi connectivity index (χ2n) is 7.69. The zero-order valence-electron chi connectivity index (χ0n) is 14.7. The fourth-order valence-electron chi connectivity index (χ4n) is 3.92. The average molecular weight is 375 g/mol. The Labute approximate surface area is 151 Å². The predicted molar refractivity (Wildman–Crippen MR) is 89.0 cm³/mol. The molecule has 2 fully saturated rings. The van der Waals surface area contributed by atoms with E-state index < -0.39 is 53.9 Å². The molecule has 2 saturated carbocycles. The minimum Gasteiger partial charge on any atom is -0.481 e. The number of rotatable bonds is 6. The maximum atomic E-state index is 12.3. The Balaban J connectivity index is 2.21. The molecule has 9 nitrogen and oxygen atoms in total. The summed E-state index contributed by atoms with van der Waals surface area (Å²) in [5.41, 5.74) is 2.46. The van der Waals surface area contributed by atoms with Crippen LogP contribution in [0.5, 0.6) is 0 Å². The van der Waals surface area contributed by atoms with Crippen LogP contribution in [0.4, 0.5) is 0 Å². The molecule has 2 aliphatic rings. The Morgan fingerprint density at radius 1 is 0.962 bits per heavy atom. The number of aliphatic hydroxyl groups is 4. The molecule has 0 aromatic carbocycles. The van der Waals surface area contributed by atoms with Crippen LogP contribution in [0.1, 0.15) is 57.8 Å². The topological polar surface area (TPSA) is 171 Å². The number of carboxylic acid groups (broad SMARTS) is 1. The highest BCUT2D eigenvalue weighted by Gasteiger charge is 2.54. The highest BCUT2D eigenvalue weighted by Crippen LogP contribution is 2.43. The highest BCUT2D eigenvalue weighted by molar-refractivity contribution is 5.81. The number of aliphatic hydroxyl groups excluding tert-OH is 2. The number of hydrogen-bond donors (Lipinski definition) is 6. The Morgan fingerprint density at radius 3 is 1.69 bits per heavy atom. The van der Waals surface area contributed by atoms with Gasteiger partial charge in [-0.15, -0.1) is 0 Å². The molecule has 0 bridgehead atoms. The summed E-state index contributed by atoms with van der Waals surface area (Å²) in [6.45, 7) is 0. The van der Waals surface area contributed by atoms with Gasteiger partial charge < -0.3 is 36.0 Å². The fourth-order valence-corrected chi connectivity index (χ4v) is 3.92. The third-order valence-electron chi connectivity index (χ3n) is 5.55. The van der Waals surface area contributed by atoms with E-state index in [9.17, 15) is 30.0 Å². The number of ether oxygens (including phenoxy) is 1. The molecular weight excluding hydrogens is 346 g/mol. The lowest BCUT2D eigenvalue weighted by molar-refractivity contribution is -0.224. The van der Waals surface area contributed by atoms with E-state index in [-0.39, 0.29) is 25.7 Å². The van der Waals surface area contributed by atoms with Crippen molar-refractivity contribution in [3.05, 3.63) is 0 Å². The largest absolute Gasteiger partial charge is 0.481 e. The second-order valence-corrected chi connectivity index (χ2v) is 7.69. The first-order valence-electron chi connectivity index (χ1n) is 9.04.